The van der Waals surface area contributed by atoms with Crippen molar-refractivity contribution >= 4 is 23.1 Å². The van der Waals surface area contributed by atoms with Crippen molar-refractivity contribution in [2.24, 2.45) is 0 Å². The van der Waals surface area contributed by atoms with E-state index in [2.05, 4.69) is 20.3 Å². The van der Waals surface area contributed by atoms with Crippen LogP contribution in [0.15, 0.2) is 48.7 Å². The summed E-state index contributed by atoms with van der Waals surface area (Å²) < 4.78 is 38.2. The number of benzene rings is 1. The number of rotatable bonds is 3. The zero-order valence-corrected chi connectivity index (χ0v) is 13.7. The summed E-state index contributed by atoms with van der Waals surface area (Å²) in [7, 11) is 0. The van der Waals surface area contributed by atoms with Crippen LogP contribution in [-0.2, 0) is 6.18 Å². The Morgan fingerprint density at radius 3 is 2.40 bits per heavy atom. The van der Waals surface area contributed by atoms with Gasteiger partial charge in [-0.25, -0.2) is 9.97 Å². The summed E-state index contributed by atoms with van der Waals surface area (Å²) in [6.45, 7) is 1.75. The maximum absolute atomic E-state index is 12.7. The van der Waals surface area contributed by atoms with E-state index in [1.807, 2.05) is 30.3 Å². The van der Waals surface area contributed by atoms with Gasteiger partial charge in [0.2, 0.25) is 0 Å². The van der Waals surface area contributed by atoms with E-state index in [-0.39, 0.29) is 16.5 Å². The molecular formula is C17H12ClF3N4. The molecule has 0 aliphatic rings. The molecule has 128 valence electrons. The Morgan fingerprint density at radius 1 is 1.04 bits per heavy atom. The molecule has 0 bridgehead atoms. The largest absolute Gasteiger partial charge is 0.417 e. The quantitative estimate of drug-likeness (QED) is 0.688. The highest BCUT2D eigenvalue weighted by Crippen LogP contribution is 2.33. The van der Waals surface area contributed by atoms with Gasteiger partial charge in [0.05, 0.1) is 10.6 Å². The van der Waals surface area contributed by atoms with Gasteiger partial charge in [0.25, 0.3) is 0 Å². The van der Waals surface area contributed by atoms with Crippen LogP contribution in [0.5, 0.6) is 0 Å². The second-order valence-corrected chi connectivity index (χ2v) is 5.67. The van der Waals surface area contributed by atoms with Gasteiger partial charge in [0, 0.05) is 23.6 Å². The van der Waals surface area contributed by atoms with Gasteiger partial charge in [-0.1, -0.05) is 29.8 Å². The first kappa shape index (κ1) is 17.2. The smallest absolute Gasteiger partial charge is 0.340 e. The first-order chi connectivity index (χ1) is 11.8. The zero-order chi connectivity index (χ0) is 18.0. The van der Waals surface area contributed by atoms with Crippen LogP contribution in [0, 0.1) is 6.92 Å². The Balaban J connectivity index is 1.98. The molecule has 0 radical (unpaired) electrons. The number of aryl methyl sites for hydroxylation is 1. The molecule has 8 heteroatoms. The van der Waals surface area contributed by atoms with Gasteiger partial charge >= 0.3 is 6.18 Å². The summed E-state index contributed by atoms with van der Waals surface area (Å²) in [6, 6.07) is 11.9. The Labute approximate surface area is 146 Å². The number of hydrogen-bond acceptors (Lipinski definition) is 4. The predicted octanol–water partition coefficient (Wildman–Crippen LogP) is 5.26. The van der Waals surface area contributed by atoms with Crippen molar-refractivity contribution in [2.75, 3.05) is 5.32 Å². The first-order valence-electron chi connectivity index (χ1n) is 7.24. The third-order valence-electron chi connectivity index (χ3n) is 3.28. The predicted molar refractivity (Wildman–Crippen MR) is 89.7 cm³/mol. The summed E-state index contributed by atoms with van der Waals surface area (Å²) in [6.07, 6.45) is -3.79. The normalized spacial score (nSPS) is 11.4. The highest BCUT2D eigenvalue weighted by molar-refractivity contribution is 6.32. The molecule has 0 aliphatic heterocycles. The average Bonchev–Trinajstić information content (AvgIpc) is 2.54. The van der Waals surface area contributed by atoms with E-state index in [0.29, 0.717) is 11.5 Å². The Morgan fingerprint density at radius 2 is 1.76 bits per heavy atom. The minimum Gasteiger partial charge on any atom is -0.340 e. The molecule has 3 rings (SSSR count). The van der Waals surface area contributed by atoms with Crippen LogP contribution in [0.4, 0.5) is 24.7 Å². The highest BCUT2D eigenvalue weighted by atomic mass is 35.5. The lowest BCUT2D eigenvalue weighted by atomic mass is 10.2. The highest BCUT2D eigenvalue weighted by Gasteiger charge is 2.31. The van der Waals surface area contributed by atoms with Gasteiger partial charge in [-0.15, -0.1) is 0 Å². The number of halogens is 4. The molecule has 0 atom stereocenters. The third-order valence-corrected chi connectivity index (χ3v) is 3.57. The minimum absolute atomic E-state index is 0.0921. The molecule has 1 aromatic carbocycles. The molecule has 4 nitrogen and oxygen atoms in total. The van der Waals surface area contributed by atoms with Crippen LogP contribution in [0.25, 0.3) is 11.5 Å². The fourth-order valence-corrected chi connectivity index (χ4v) is 2.42. The third kappa shape index (κ3) is 4.06. The van der Waals surface area contributed by atoms with Crippen molar-refractivity contribution in [2.45, 2.75) is 13.1 Å². The zero-order valence-electron chi connectivity index (χ0n) is 13.0. The van der Waals surface area contributed by atoms with E-state index in [0.717, 1.165) is 18.0 Å². The Hall–Kier alpha value is -2.67. The summed E-state index contributed by atoms with van der Waals surface area (Å²) in [5, 5.41) is 2.95. The van der Waals surface area contributed by atoms with Crippen LogP contribution < -0.4 is 5.32 Å². The van der Waals surface area contributed by atoms with E-state index in [1.165, 1.54) is 0 Å². The lowest BCUT2D eigenvalue weighted by Gasteiger charge is -2.11. The lowest BCUT2D eigenvalue weighted by Crippen LogP contribution is -2.07. The molecule has 0 unspecified atom stereocenters. The summed E-state index contributed by atoms with van der Waals surface area (Å²) in [4.78, 5) is 12.3. The average molecular weight is 365 g/mol. The van der Waals surface area contributed by atoms with E-state index in [1.54, 1.807) is 13.0 Å². The summed E-state index contributed by atoms with van der Waals surface area (Å²) >= 11 is 5.97. The minimum atomic E-state index is -4.51. The summed E-state index contributed by atoms with van der Waals surface area (Å²) in [5.41, 5.74) is 0.616. The SMILES string of the molecule is Cc1cc(Nc2ccccc2)nc(-c2ncc(C(F)(F)F)cc2Cl)n1. The van der Waals surface area contributed by atoms with Crippen LogP contribution in [0.1, 0.15) is 11.3 Å². The molecule has 1 N–H and O–H groups in total. The second kappa shape index (κ2) is 6.68. The van der Waals surface area contributed by atoms with Gasteiger partial charge < -0.3 is 5.32 Å². The van der Waals surface area contributed by atoms with Crippen LogP contribution >= 0.6 is 11.6 Å². The van der Waals surface area contributed by atoms with Crippen molar-refractivity contribution in [1.82, 2.24) is 15.0 Å². The number of alkyl halides is 3. The number of nitrogens with one attached hydrogen (secondary N) is 1. The van der Waals surface area contributed by atoms with Crippen molar-refractivity contribution in [3.63, 3.8) is 0 Å². The maximum Gasteiger partial charge on any atom is 0.417 e. The molecular weight excluding hydrogens is 353 g/mol. The molecule has 0 saturated carbocycles. The molecule has 0 spiro atoms. The van der Waals surface area contributed by atoms with Gasteiger partial charge in [-0.3, -0.25) is 4.98 Å². The number of aromatic nitrogens is 3. The van der Waals surface area contributed by atoms with Crippen molar-refractivity contribution < 1.29 is 13.2 Å². The maximum atomic E-state index is 12.7. The molecule has 0 aliphatic carbocycles. The standard InChI is InChI=1S/C17H12ClF3N4/c1-10-7-14(24-12-5-3-2-4-6-12)25-16(23-10)15-13(18)8-11(9-22-15)17(19,20)21/h2-9H,1H3,(H,23,24,25). The number of anilines is 2. The van der Waals surface area contributed by atoms with Gasteiger partial charge in [0.1, 0.15) is 11.5 Å². The number of pyridine rings is 1. The van der Waals surface area contributed by atoms with E-state index >= 15 is 0 Å². The van der Waals surface area contributed by atoms with Crippen LogP contribution in [0.2, 0.25) is 5.02 Å². The summed E-state index contributed by atoms with van der Waals surface area (Å²) in [5.74, 6) is 0.642. The fraction of sp³-hybridized carbons (Fsp3) is 0.118. The van der Waals surface area contributed by atoms with E-state index in [9.17, 15) is 13.2 Å². The van der Waals surface area contributed by atoms with Crippen molar-refractivity contribution in [1.29, 1.82) is 0 Å². The van der Waals surface area contributed by atoms with E-state index in [4.69, 9.17) is 11.6 Å². The van der Waals surface area contributed by atoms with Crippen LogP contribution in [-0.4, -0.2) is 15.0 Å². The second-order valence-electron chi connectivity index (χ2n) is 5.26. The monoisotopic (exact) mass is 364 g/mol. The Kier molecular flexibility index (Phi) is 4.59. The van der Waals surface area contributed by atoms with E-state index < -0.39 is 11.7 Å². The topological polar surface area (TPSA) is 50.7 Å². The molecule has 0 saturated heterocycles. The molecule has 0 amide bonds. The number of hydrogen-bond donors (Lipinski definition) is 1. The molecule has 2 aromatic heterocycles. The lowest BCUT2D eigenvalue weighted by molar-refractivity contribution is -0.137. The van der Waals surface area contributed by atoms with Crippen molar-refractivity contribution in [3.05, 3.63) is 64.9 Å². The molecule has 0 fully saturated rings. The van der Waals surface area contributed by atoms with Gasteiger partial charge in [0.15, 0.2) is 5.82 Å². The van der Waals surface area contributed by atoms with Gasteiger partial charge in [-0.05, 0) is 25.1 Å². The molecule has 2 heterocycles. The first-order valence-corrected chi connectivity index (χ1v) is 7.61. The fourth-order valence-electron chi connectivity index (χ4n) is 2.17. The van der Waals surface area contributed by atoms with Crippen molar-refractivity contribution in [3.8, 4) is 11.5 Å². The number of nitrogens with zero attached hydrogens (tertiary/aromatic N) is 3. The number of para-hydroxylation sites is 1. The Bertz CT molecular complexity index is 898. The van der Waals surface area contributed by atoms with Crippen LogP contribution in [0.3, 0.4) is 0 Å². The molecule has 25 heavy (non-hydrogen) atoms. The van der Waals surface area contributed by atoms with Gasteiger partial charge in [-0.2, -0.15) is 13.2 Å². The molecule has 3 aromatic rings.